The van der Waals surface area contributed by atoms with Gasteiger partial charge in [-0.1, -0.05) is 0 Å². The van der Waals surface area contributed by atoms with Crippen LogP contribution >= 0.6 is 22.7 Å². The summed E-state index contributed by atoms with van der Waals surface area (Å²) in [4.78, 5) is 20.5. The first kappa shape index (κ1) is 15.6. The molecule has 0 aliphatic carbocycles. The minimum absolute atomic E-state index is 0.519. The Morgan fingerprint density at radius 2 is 2.14 bits per heavy atom. The zero-order valence-electron chi connectivity index (χ0n) is 12.4. The van der Waals surface area contributed by atoms with Gasteiger partial charge in [-0.2, -0.15) is 11.3 Å². The minimum atomic E-state index is -0.762. The molecule has 0 saturated carbocycles. The normalized spacial score (nSPS) is 18.4. The Bertz CT molecular complexity index is 619. The molecule has 0 amide bonds. The number of rotatable bonds is 5. The highest BCUT2D eigenvalue weighted by atomic mass is 32.1. The SMILES string of the molecule is Cc1nc(CN2CCN(C(C(=O)O)c3ccsc3)CC2)cs1. The summed E-state index contributed by atoms with van der Waals surface area (Å²) in [5.41, 5.74) is 2.00. The van der Waals surface area contributed by atoms with E-state index in [-0.39, 0.29) is 0 Å². The van der Waals surface area contributed by atoms with Gasteiger partial charge in [-0.05, 0) is 29.3 Å². The molecule has 1 aliphatic rings. The summed E-state index contributed by atoms with van der Waals surface area (Å²) in [6.45, 7) is 6.18. The highest BCUT2D eigenvalue weighted by molar-refractivity contribution is 7.09. The van der Waals surface area contributed by atoms with Gasteiger partial charge in [-0.25, -0.2) is 4.98 Å². The van der Waals surface area contributed by atoms with E-state index in [1.165, 1.54) is 0 Å². The maximum absolute atomic E-state index is 11.6. The van der Waals surface area contributed by atoms with Crippen LogP contribution in [0.25, 0.3) is 0 Å². The first-order valence-corrected chi connectivity index (χ1v) is 9.08. The summed E-state index contributed by atoms with van der Waals surface area (Å²) in [6, 6.07) is 1.39. The molecule has 1 N–H and O–H groups in total. The second-order valence-electron chi connectivity index (χ2n) is 5.47. The number of thiophene rings is 1. The number of carboxylic acid groups (broad SMARTS) is 1. The second-order valence-corrected chi connectivity index (χ2v) is 7.31. The van der Waals surface area contributed by atoms with Crippen LogP contribution in [0.15, 0.2) is 22.2 Å². The number of nitrogens with zero attached hydrogens (tertiary/aromatic N) is 3. The molecule has 22 heavy (non-hydrogen) atoms. The van der Waals surface area contributed by atoms with Crippen molar-refractivity contribution in [3.8, 4) is 0 Å². The van der Waals surface area contributed by atoms with E-state index in [1.807, 2.05) is 23.8 Å². The van der Waals surface area contributed by atoms with Crippen molar-refractivity contribution in [2.75, 3.05) is 26.2 Å². The lowest BCUT2D eigenvalue weighted by atomic mass is 10.1. The van der Waals surface area contributed by atoms with Gasteiger partial charge in [0.25, 0.3) is 0 Å². The predicted molar refractivity (Wildman–Crippen MR) is 88.4 cm³/mol. The van der Waals surface area contributed by atoms with Crippen molar-refractivity contribution in [2.45, 2.75) is 19.5 Å². The third-order valence-electron chi connectivity index (χ3n) is 3.92. The van der Waals surface area contributed by atoms with Crippen molar-refractivity contribution < 1.29 is 9.90 Å². The molecule has 1 unspecified atom stereocenters. The standard InChI is InChI=1S/C15H19N3O2S2/c1-11-16-13(10-22-11)8-17-3-5-18(6-4-17)14(15(19)20)12-2-7-21-9-12/h2,7,9-10,14H,3-6,8H2,1H3,(H,19,20). The maximum atomic E-state index is 11.6. The minimum Gasteiger partial charge on any atom is -0.480 e. The number of piperazine rings is 1. The average molecular weight is 337 g/mol. The van der Waals surface area contributed by atoms with Crippen LogP contribution in [-0.2, 0) is 11.3 Å². The molecule has 1 atom stereocenters. The van der Waals surface area contributed by atoms with Gasteiger partial charge in [0.15, 0.2) is 0 Å². The van der Waals surface area contributed by atoms with Crippen molar-refractivity contribution in [3.05, 3.63) is 38.5 Å². The largest absolute Gasteiger partial charge is 0.480 e. The summed E-state index contributed by atoms with van der Waals surface area (Å²) < 4.78 is 0. The molecular formula is C15H19N3O2S2. The fourth-order valence-electron chi connectivity index (χ4n) is 2.83. The van der Waals surface area contributed by atoms with Crippen LogP contribution in [0.3, 0.4) is 0 Å². The van der Waals surface area contributed by atoms with Crippen molar-refractivity contribution in [1.82, 2.24) is 14.8 Å². The molecule has 5 nitrogen and oxygen atoms in total. The molecule has 1 saturated heterocycles. The zero-order chi connectivity index (χ0) is 15.5. The average Bonchev–Trinajstić information content (AvgIpc) is 3.13. The molecule has 0 spiro atoms. The van der Waals surface area contributed by atoms with Gasteiger partial charge in [0.2, 0.25) is 0 Å². The number of carbonyl (C=O) groups is 1. The number of carboxylic acids is 1. The van der Waals surface area contributed by atoms with Gasteiger partial charge in [0.05, 0.1) is 10.7 Å². The topological polar surface area (TPSA) is 56.7 Å². The third-order valence-corrected chi connectivity index (χ3v) is 5.44. The Morgan fingerprint density at radius 1 is 1.36 bits per heavy atom. The smallest absolute Gasteiger partial charge is 0.325 e. The molecule has 118 valence electrons. The monoisotopic (exact) mass is 337 g/mol. The molecule has 0 radical (unpaired) electrons. The molecule has 1 aliphatic heterocycles. The maximum Gasteiger partial charge on any atom is 0.325 e. The van der Waals surface area contributed by atoms with Crippen LogP contribution in [-0.4, -0.2) is 52.0 Å². The van der Waals surface area contributed by atoms with E-state index in [0.29, 0.717) is 0 Å². The molecule has 2 aromatic heterocycles. The van der Waals surface area contributed by atoms with Gasteiger partial charge < -0.3 is 5.11 Å². The molecule has 0 bridgehead atoms. The first-order valence-electron chi connectivity index (χ1n) is 7.26. The Labute approximate surface area is 137 Å². The van der Waals surface area contributed by atoms with Crippen molar-refractivity contribution in [1.29, 1.82) is 0 Å². The zero-order valence-corrected chi connectivity index (χ0v) is 14.1. The van der Waals surface area contributed by atoms with Crippen LogP contribution in [0.5, 0.6) is 0 Å². The number of thiazole rings is 1. The van der Waals surface area contributed by atoms with Crippen LogP contribution < -0.4 is 0 Å². The fourth-order valence-corrected chi connectivity index (χ4v) is 4.11. The van der Waals surface area contributed by atoms with Crippen molar-refractivity contribution in [3.63, 3.8) is 0 Å². The summed E-state index contributed by atoms with van der Waals surface area (Å²) in [7, 11) is 0. The van der Waals surface area contributed by atoms with Crippen LogP contribution in [0.2, 0.25) is 0 Å². The lowest BCUT2D eigenvalue weighted by Gasteiger charge is -2.37. The van der Waals surface area contributed by atoms with Crippen molar-refractivity contribution in [2.24, 2.45) is 0 Å². The lowest BCUT2D eigenvalue weighted by Crippen LogP contribution is -2.48. The van der Waals surface area contributed by atoms with E-state index >= 15 is 0 Å². The molecule has 3 rings (SSSR count). The molecular weight excluding hydrogens is 318 g/mol. The van der Waals surface area contributed by atoms with E-state index in [9.17, 15) is 9.90 Å². The third kappa shape index (κ3) is 3.55. The lowest BCUT2D eigenvalue weighted by molar-refractivity contribution is -0.144. The molecule has 0 aromatic carbocycles. The van der Waals surface area contributed by atoms with E-state index in [2.05, 4.69) is 20.2 Å². The fraction of sp³-hybridized carbons (Fsp3) is 0.467. The first-order chi connectivity index (χ1) is 10.6. The number of hydrogen-bond acceptors (Lipinski definition) is 6. The van der Waals surface area contributed by atoms with Gasteiger partial charge in [0.1, 0.15) is 6.04 Å². The summed E-state index contributed by atoms with van der Waals surface area (Å²) in [5.74, 6) is -0.762. The van der Waals surface area contributed by atoms with Crippen molar-refractivity contribution >= 4 is 28.6 Å². The quantitative estimate of drug-likeness (QED) is 0.908. The highest BCUT2D eigenvalue weighted by Crippen LogP contribution is 2.25. The van der Waals surface area contributed by atoms with E-state index < -0.39 is 12.0 Å². The summed E-state index contributed by atoms with van der Waals surface area (Å²) in [6.07, 6.45) is 0. The molecule has 7 heteroatoms. The number of aliphatic carboxylic acids is 1. The molecule has 1 fully saturated rings. The van der Waals surface area contributed by atoms with Gasteiger partial charge in [0, 0.05) is 38.1 Å². The highest BCUT2D eigenvalue weighted by Gasteiger charge is 2.30. The number of hydrogen-bond donors (Lipinski definition) is 1. The van der Waals surface area contributed by atoms with E-state index in [0.717, 1.165) is 49.0 Å². The van der Waals surface area contributed by atoms with Gasteiger partial charge >= 0.3 is 5.97 Å². The van der Waals surface area contributed by atoms with E-state index in [1.54, 1.807) is 22.7 Å². The Hall–Kier alpha value is -1.28. The number of aromatic nitrogens is 1. The van der Waals surface area contributed by atoms with Crippen LogP contribution in [0.4, 0.5) is 0 Å². The molecule has 2 aromatic rings. The second kappa shape index (κ2) is 6.87. The summed E-state index contributed by atoms with van der Waals surface area (Å²) >= 11 is 3.22. The van der Waals surface area contributed by atoms with Crippen LogP contribution in [0, 0.1) is 6.92 Å². The van der Waals surface area contributed by atoms with Gasteiger partial charge in [-0.15, -0.1) is 11.3 Å². The van der Waals surface area contributed by atoms with Crippen LogP contribution in [0.1, 0.15) is 22.3 Å². The Morgan fingerprint density at radius 3 is 2.68 bits per heavy atom. The Kier molecular flexibility index (Phi) is 4.87. The molecule has 3 heterocycles. The van der Waals surface area contributed by atoms with E-state index in [4.69, 9.17) is 0 Å². The Balaban J connectivity index is 1.59. The summed E-state index contributed by atoms with van der Waals surface area (Å²) in [5, 5.41) is 16.6. The predicted octanol–water partition coefficient (Wildman–Crippen LogP) is 2.46. The van der Waals surface area contributed by atoms with Gasteiger partial charge in [-0.3, -0.25) is 14.6 Å². The number of aryl methyl sites for hydroxylation is 1.